The molecule has 0 saturated carbocycles. The number of nitrogens with one attached hydrogen (secondary N) is 3. The molecule has 1 aliphatic rings. The van der Waals surface area contributed by atoms with Crippen LogP contribution in [0.4, 0.5) is 15.3 Å². The van der Waals surface area contributed by atoms with Crippen molar-refractivity contribution in [2.24, 2.45) is 0 Å². The van der Waals surface area contributed by atoms with Gasteiger partial charge in [-0.2, -0.15) is 0 Å². The van der Waals surface area contributed by atoms with E-state index in [0.29, 0.717) is 43.2 Å². The number of anilines is 1. The lowest BCUT2D eigenvalue weighted by Gasteiger charge is -2.36. The van der Waals surface area contributed by atoms with Gasteiger partial charge in [0, 0.05) is 37.9 Å². The molecule has 1 atom stereocenters. The molecule has 0 spiro atoms. The number of ether oxygens (including phenoxy) is 4. The largest absolute Gasteiger partial charge is 0.493 e. The Morgan fingerprint density at radius 1 is 0.905 bits per heavy atom. The van der Waals surface area contributed by atoms with Crippen molar-refractivity contribution in [3.05, 3.63) is 53.6 Å². The first-order valence-corrected chi connectivity index (χ1v) is 14.1. The van der Waals surface area contributed by atoms with Gasteiger partial charge in [-0.1, -0.05) is 18.2 Å². The Morgan fingerprint density at radius 3 is 2.19 bits per heavy atom. The third-order valence-corrected chi connectivity index (χ3v) is 6.16. The highest BCUT2D eigenvalue weighted by Gasteiger charge is 2.27. The minimum absolute atomic E-state index is 0.0641. The fraction of sp³-hybridized carbons (Fsp3) is 0.516. The number of carbonyl (C=O) groups is 3. The molecule has 42 heavy (non-hydrogen) atoms. The van der Waals surface area contributed by atoms with Gasteiger partial charge in [-0.05, 0) is 83.4 Å². The molecule has 1 unspecified atom stereocenters. The molecule has 3 N–H and O–H groups in total. The molecule has 0 radical (unpaired) electrons. The average Bonchev–Trinajstić information content (AvgIpc) is 2.90. The second-order valence-electron chi connectivity index (χ2n) is 12.1. The highest BCUT2D eigenvalue weighted by molar-refractivity contribution is 5.84. The van der Waals surface area contributed by atoms with Gasteiger partial charge in [-0.25, -0.2) is 9.59 Å². The summed E-state index contributed by atoms with van der Waals surface area (Å²) in [6.07, 6.45) is -0.389. The van der Waals surface area contributed by atoms with Crippen LogP contribution in [-0.2, 0) is 27.2 Å². The zero-order valence-electron chi connectivity index (χ0n) is 25.7. The van der Waals surface area contributed by atoms with Crippen molar-refractivity contribution in [1.29, 1.82) is 0 Å². The van der Waals surface area contributed by atoms with Crippen molar-refractivity contribution in [2.75, 3.05) is 38.7 Å². The maximum absolute atomic E-state index is 13.3. The minimum atomic E-state index is -0.594. The first kappa shape index (κ1) is 32.5. The third-order valence-electron chi connectivity index (χ3n) is 6.16. The number of piperazine rings is 1. The van der Waals surface area contributed by atoms with Crippen LogP contribution in [0.1, 0.15) is 52.7 Å². The highest BCUT2D eigenvalue weighted by Crippen LogP contribution is 2.28. The molecule has 11 heteroatoms. The van der Waals surface area contributed by atoms with Crippen molar-refractivity contribution in [3.63, 3.8) is 0 Å². The first-order chi connectivity index (χ1) is 19.7. The SMILES string of the molecule is COc1ccc(CNC(=O)OC(C)(C)C)cc1OCC(=O)N1CCNCC1Cc1ccc(NC(=O)OC(C)(C)C)cc1. The van der Waals surface area contributed by atoms with Crippen LogP contribution in [0.15, 0.2) is 42.5 Å². The summed E-state index contributed by atoms with van der Waals surface area (Å²) in [4.78, 5) is 39.2. The molecule has 3 rings (SSSR count). The Labute approximate surface area is 248 Å². The second kappa shape index (κ2) is 14.3. The van der Waals surface area contributed by atoms with Crippen LogP contribution in [0, 0.1) is 0 Å². The number of amides is 3. The van der Waals surface area contributed by atoms with E-state index in [4.69, 9.17) is 18.9 Å². The number of methoxy groups -OCH3 is 1. The van der Waals surface area contributed by atoms with Crippen molar-refractivity contribution >= 4 is 23.8 Å². The van der Waals surface area contributed by atoms with E-state index in [9.17, 15) is 14.4 Å². The molecule has 2 aromatic carbocycles. The third kappa shape index (κ3) is 10.8. The Hall–Kier alpha value is -3.99. The number of carbonyl (C=O) groups excluding carboxylic acids is 3. The quantitative estimate of drug-likeness (QED) is 0.394. The molecule has 230 valence electrons. The van der Waals surface area contributed by atoms with E-state index >= 15 is 0 Å². The van der Waals surface area contributed by atoms with Crippen molar-refractivity contribution in [1.82, 2.24) is 15.5 Å². The second-order valence-corrected chi connectivity index (χ2v) is 12.1. The van der Waals surface area contributed by atoms with Crippen LogP contribution in [0.5, 0.6) is 11.5 Å². The van der Waals surface area contributed by atoms with Gasteiger partial charge in [0.1, 0.15) is 11.2 Å². The highest BCUT2D eigenvalue weighted by atomic mass is 16.6. The number of hydrogen-bond donors (Lipinski definition) is 3. The number of hydrogen-bond acceptors (Lipinski definition) is 8. The molecule has 1 aliphatic heterocycles. The topological polar surface area (TPSA) is 127 Å². The maximum atomic E-state index is 13.3. The van der Waals surface area contributed by atoms with Crippen LogP contribution < -0.4 is 25.4 Å². The van der Waals surface area contributed by atoms with Gasteiger partial charge >= 0.3 is 12.2 Å². The van der Waals surface area contributed by atoms with E-state index in [0.717, 1.165) is 11.1 Å². The van der Waals surface area contributed by atoms with Crippen LogP contribution in [0.2, 0.25) is 0 Å². The Balaban J connectivity index is 1.58. The number of alkyl carbamates (subject to hydrolysis) is 1. The summed E-state index contributed by atoms with van der Waals surface area (Å²) in [5.74, 6) is 0.763. The van der Waals surface area contributed by atoms with Gasteiger partial charge in [0.15, 0.2) is 18.1 Å². The fourth-order valence-corrected chi connectivity index (χ4v) is 4.34. The van der Waals surface area contributed by atoms with Crippen molar-refractivity contribution in [3.8, 4) is 11.5 Å². The van der Waals surface area contributed by atoms with Crippen LogP contribution >= 0.6 is 0 Å². The molecular formula is C31H44N4O7. The zero-order valence-corrected chi connectivity index (χ0v) is 25.7. The predicted molar refractivity (Wildman–Crippen MR) is 160 cm³/mol. The van der Waals surface area contributed by atoms with E-state index in [-0.39, 0.29) is 25.1 Å². The number of benzene rings is 2. The van der Waals surface area contributed by atoms with Crippen LogP contribution in [0.25, 0.3) is 0 Å². The Kier molecular flexibility index (Phi) is 11.0. The predicted octanol–water partition coefficient (Wildman–Crippen LogP) is 4.49. The smallest absolute Gasteiger partial charge is 0.412 e. The summed E-state index contributed by atoms with van der Waals surface area (Å²) in [5.41, 5.74) is 1.26. The number of nitrogens with zero attached hydrogens (tertiary/aromatic N) is 1. The molecule has 0 bridgehead atoms. The van der Waals surface area contributed by atoms with Crippen molar-refractivity contribution < 1.29 is 33.3 Å². The minimum Gasteiger partial charge on any atom is -0.493 e. The van der Waals surface area contributed by atoms with Gasteiger partial charge in [0.05, 0.1) is 7.11 Å². The van der Waals surface area contributed by atoms with E-state index < -0.39 is 23.4 Å². The first-order valence-electron chi connectivity index (χ1n) is 14.1. The molecule has 11 nitrogen and oxygen atoms in total. The molecule has 0 aliphatic carbocycles. The fourth-order valence-electron chi connectivity index (χ4n) is 4.34. The van der Waals surface area contributed by atoms with Gasteiger partial charge < -0.3 is 34.5 Å². The van der Waals surface area contributed by atoms with E-state index in [2.05, 4.69) is 16.0 Å². The summed E-state index contributed by atoms with van der Waals surface area (Å²) < 4.78 is 21.9. The van der Waals surface area contributed by atoms with Crippen molar-refractivity contribution in [2.45, 2.75) is 71.8 Å². The molecule has 1 fully saturated rings. The summed E-state index contributed by atoms with van der Waals surface area (Å²) in [6.45, 7) is 12.8. The van der Waals surface area contributed by atoms with Gasteiger partial charge in [0.25, 0.3) is 5.91 Å². The average molecular weight is 585 g/mol. The molecule has 2 aromatic rings. The zero-order chi connectivity index (χ0) is 30.9. The molecule has 1 heterocycles. The lowest BCUT2D eigenvalue weighted by Crippen LogP contribution is -2.55. The molecule has 0 aromatic heterocycles. The monoisotopic (exact) mass is 584 g/mol. The van der Waals surface area contributed by atoms with Gasteiger partial charge in [-0.15, -0.1) is 0 Å². The molecule has 3 amide bonds. The summed E-state index contributed by atoms with van der Waals surface area (Å²) >= 11 is 0. The van der Waals surface area contributed by atoms with E-state index in [1.165, 1.54) is 7.11 Å². The summed E-state index contributed by atoms with van der Waals surface area (Å²) in [5, 5.41) is 8.82. The summed E-state index contributed by atoms with van der Waals surface area (Å²) in [7, 11) is 1.53. The lowest BCUT2D eigenvalue weighted by molar-refractivity contribution is -0.136. The van der Waals surface area contributed by atoms with Crippen LogP contribution in [-0.4, -0.2) is 73.6 Å². The Morgan fingerprint density at radius 2 is 1.55 bits per heavy atom. The molecule has 1 saturated heterocycles. The standard InChI is InChI=1S/C31H44N4O7/c1-30(2,3)41-28(37)33-18-22-10-13-25(39-7)26(17-22)40-20-27(36)35-15-14-32-19-24(35)16-21-8-11-23(12-9-21)34-29(38)42-31(4,5)6/h8-13,17,24,32H,14-16,18-20H2,1-7H3,(H,33,37)(H,34,38). The van der Waals surface area contributed by atoms with Gasteiger partial charge in [0.2, 0.25) is 0 Å². The normalized spacial score (nSPS) is 15.4. The number of rotatable bonds is 9. The van der Waals surface area contributed by atoms with Gasteiger partial charge in [-0.3, -0.25) is 10.1 Å². The van der Waals surface area contributed by atoms with E-state index in [1.807, 2.05) is 56.0 Å². The summed E-state index contributed by atoms with van der Waals surface area (Å²) in [6, 6.07) is 12.7. The van der Waals surface area contributed by atoms with E-state index in [1.54, 1.807) is 32.9 Å². The molecular weight excluding hydrogens is 540 g/mol. The van der Waals surface area contributed by atoms with Crippen LogP contribution in [0.3, 0.4) is 0 Å². The maximum Gasteiger partial charge on any atom is 0.412 e. The Bertz CT molecular complexity index is 1220. The lowest BCUT2D eigenvalue weighted by atomic mass is 10.0.